The lowest BCUT2D eigenvalue weighted by molar-refractivity contribution is 0.403. The van der Waals surface area contributed by atoms with E-state index in [1.54, 1.807) is 0 Å². The number of hydrogen-bond acceptors (Lipinski definition) is 3. The van der Waals surface area contributed by atoms with Crippen molar-refractivity contribution in [3.05, 3.63) is 0 Å². The van der Waals surface area contributed by atoms with Crippen LogP contribution in [0.2, 0.25) is 0 Å². The normalized spacial score (nSPS) is 7.50. The van der Waals surface area contributed by atoms with Crippen molar-refractivity contribution in [3.8, 4) is 0 Å². The monoisotopic (exact) mass is 314 g/mol. The van der Waals surface area contributed by atoms with E-state index in [1.165, 1.54) is 0 Å². The summed E-state index contributed by atoms with van der Waals surface area (Å²) in [5.74, 6) is 0. The van der Waals surface area contributed by atoms with Gasteiger partial charge >= 0.3 is 24.8 Å². The second kappa shape index (κ2) is 23.8. The topological polar surface area (TPSA) is 173 Å². The molecule has 0 aliphatic rings. The summed E-state index contributed by atoms with van der Waals surface area (Å²) >= 11 is 0. The Morgan fingerprint density at radius 3 is 0.500 bits per heavy atom. The molecule has 14 heavy (non-hydrogen) atoms. The van der Waals surface area contributed by atoms with Gasteiger partial charge in [-0.25, -0.2) is 0 Å². The molecule has 0 spiro atoms. The molecular formula is H15O9P5. The third kappa shape index (κ3) is 1180. The van der Waals surface area contributed by atoms with Gasteiger partial charge in [-0.1, -0.05) is 0 Å². The summed E-state index contributed by atoms with van der Waals surface area (Å²) in [6.07, 6.45) is 0. The summed E-state index contributed by atoms with van der Waals surface area (Å²) in [6.45, 7) is 0. The second-order valence-corrected chi connectivity index (χ2v) is 2.54. The molecule has 0 aromatic carbocycles. The molecule has 0 aliphatic heterocycles. The minimum atomic E-state index is -3.13. The van der Waals surface area contributed by atoms with E-state index in [0.29, 0.717) is 0 Å². The Balaban J connectivity index is -0.0000000270. The summed E-state index contributed by atoms with van der Waals surface area (Å²) in [7, 11) is -9.39. The lowest BCUT2D eigenvalue weighted by atomic mass is 15.8. The molecule has 0 fully saturated rings. The van der Waals surface area contributed by atoms with Crippen molar-refractivity contribution in [2.45, 2.75) is 0 Å². The minimum absolute atomic E-state index is 0. The maximum atomic E-state index is 8.74. The first-order valence-electron chi connectivity index (χ1n) is 1.95. The molecule has 2 unspecified atom stereocenters. The van der Waals surface area contributed by atoms with Crippen LogP contribution in [0.4, 0.5) is 0 Å². The lowest BCUT2D eigenvalue weighted by Crippen LogP contribution is -1.38. The SMILES string of the molecule is O=[PH](O)O.O=[PH](O)O.O=[PH](O)O.P.P. The first kappa shape index (κ1) is 29.5. The van der Waals surface area contributed by atoms with Crippen LogP contribution in [-0.4, -0.2) is 29.4 Å². The molecule has 0 bridgehead atoms. The van der Waals surface area contributed by atoms with E-state index in [9.17, 15) is 0 Å². The minimum Gasteiger partial charge on any atom is -0.326 e. The van der Waals surface area contributed by atoms with E-state index in [-0.39, 0.29) is 19.8 Å². The van der Waals surface area contributed by atoms with Gasteiger partial charge in [-0.05, 0) is 0 Å². The highest BCUT2D eigenvalue weighted by molar-refractivity contribution is 7.31. The van der Waals surface area contributed by atoms with Gasteiger partial charge in [-0.2, -0.15) is 19.8 Å². The molecule has 0 saturated carbocycles. The molecule has 9 nitrogen and oxygen atoms in total. The zero-order valence-corrected chi connectivity index (χ0v) is 12.7. The van der Waals surface area contributed by atoms with Gasteiger partial charge in [-0.3, -0.25) is 13.7 Å². The zero-order valence-electron chi connectivity index (χ0n) is 6.82. The van der Waals surface area contributed by atoms with Gasteiger partial charge < -0.3 is 29.4 Å². The average Bonchev–Trinajstić information content (AvgIpc) is 1.54. The quantitative estimate of drug-likeness (QED) is 0.282. The summed E-state index contributed by atoms with van der Waals surface area (Å²) in [5.41, 5.74) is 0. The third-order valence-corrected chi connectivity index (χ3v) is 0. The molecule has 0 rings (SSSR count). The van der Waals surface area contributed by atoms with Crippen molar-refractivity contribution in [1.29, 1.82) is 0 Å². The molecule has 0 aromatic heterocycles. The largest absolute Gasteiger partial charge is 0.326 e. The van der Waals surface area contributed by atoms with Crippen molar-refractivity contribution in [2.75, 3.05) is 0 Å². The molecule has 0 radical (unpaired) electrons. The predicted molar refractivity (Wildman–Crippen MR) is 62.5 cm³/mol. The second-order valence-electron chi connectivity index (χ2n) is 0.848. The third-order valence-electron chi connectivity index (χ3n) is 0. The molecular weight excluding hydrogens is 299 g/mol. The van der Waals surface area contributed by atoms with E-state index in [4.69, 9.17) is 43.1 Å². The van der Waals surface area contributed by atoms with Crippen LogP contribution in [0.3, 0.4) is 0 Å². The lowest BCUT2D eigenvalue weighted by Gasteiger charge is -1.61. The molecule has 0 saturated heterocycles. The average molecular weight is 314 g/mol. The van der Waals surface area contributed by atoms with E-state index in [1.807, 2.05) is 0 Å². The van der Waals surface area contributed by atoms with Gasteiger partial charge in [0.1, 0.15) is 0 Å². The van der Waals surface area contributed by atoms with Crippen LogP contribution < -0.4 is 0 Å². The van der Waals surface area contributed by atoms with Crippen LogP contribution in [0.25, 0.3) is 0 Å². The van der Waals surface area contributed by atoms with Crippen molar-refractivity contribution >= 4 is 44.6 Å². The van der Waals surface area contributed by atoms with Gasteiger partial charge in [0.25, 0.3) is 0 Å². The fraction of sp³-hybridized carbons (Fsp3) is 0. The van der Waals surface area contributed by atoms with E-state index in [2.05, 4.69) is 0 Å². The first-order chi connectivity index (χ1) is 5.20. The summed E-state index contributed by atoms with van der Waals surface area (Å²) < 4.78 is 26.2. The molecule has 6 N–H and O–H groups in total. The van der Waals surface area contributed by atoms with Gasteiger partial charge in [0.2, 0.25) is 0 Å². The van der Waals surface area contributed by atoms with Crippen LogP contribution in [0.1, 0.15) is 0 Å². The Kier molecular flexibility index (Phi) is 50.2. The molecule has 0 heterocycles. The number of hydrogen-bond donors (Lipinski definition) is 6. The van der Waals surface area contributed by atoms with Crippen molar-refractivity contribution in [2.24, 2.45) is 0 Å². The molecule has 0 amide bonds. The summed E-state index contributed by atoms with van der Waals surface area (Å²) in [5, 5.41) is 0. The van der Waals surface area contributed by atoms with Crippen molar-refractivity contribution in [3.63, 3.8) is 0 Å². The molecule has 94 valence electrons. The maximum Gasteiger partial charge on any atom is 0.314 e. The van der Waals surface area contributed by atoms with E-state index >= 15 is 0 Å². The van der Waals surface area contributed by atoms with E-state index in [0.717, 1.165) is 0 Å². The molecule has 2 atom stereocenters. The first-order valence-corrected chi connectivity index (χ1v) is 5.86. The molecule has 0 aliphatic carbocycles. The highest BCUT2D eigenvalue weighted by atomic mass is 31.1. The Morgan fingerprint density at radius 1 is 0.500 bits per heavy atom. The van der Waals surface area contributed by atoms with Gasteiger partial charge in [0.15, 0.2) is 0 Å². The summed E-state index contributed by atoms with van der Waals surface area (Å²) in [4.78, 5) is 42.9. The van der Waals surface area contributed by atoms with Crippen LogP contribution in [0.5, 0.6) is 0 Å². The van der Waals surface area contributed by atoms with E-state index < -0.39 is 24.8 Å². The Hall–Kier alpha value is 1.31. The predicted octanol–water partition coefficient (Wildman–Crippen LogP) is -1.80. The highest BCUT2D eigenvalue weighted by Gasteiger charge is 1.62. The van der Waals surface area contributed by atoms with Crippen LogP contribution in [0, 0.1) is 0 Å². The van der Waals surface area contributed by atoms with Gasteiger partial charge in [-0.15, -0.1) is 0 Å². The van der Waals surface area contributed by atoms with Crippen LogP contribution >= 0.6 is 44.6 Å². The Labute approximate surface area is 88.3 Å². The molecule has 14 heteroatoms. The number of rotatable bonds is 0. The molecule has 0 aromatic rings. The van der Waals surface area contributed by atoms with Crippen LogP contribution in [-0.2, 0) is 13.7 Å². The standard InChI is InChI=1S/3H3O3P.2H3P/c3*1-4(2)3;;/h3*4H,(H2,1,2,3);2*1H3. The van der Waals surface area contributed by atoms with Crippen molar-refractivity contribution < 1.29 is 43.1 Å². The zero-order chi connectivity index (χ0) is 10.7. The fourth-order valence-corrected chi connectivity index (χ4v) is 0. The van der Waals surface area contributed by atoms with Crippen molar-refractivity contribution in [1.82, 2.24) is 0 Å². The smallest absolute Gasteiger partial charge is 0.314 e. The highest BCUT2D eigenvalue weighted by Crippen LogP contribution is 1.99. The Morgan fingerprint density at radius 2 is 0.500 bits per heavy atom. The Bertz CT molecular complexity index is 111. The summed E-state index contributed by atoms with van der Waals surface area (Å²) in [6, 6.07) is 0. The van der Waals surface area contributed by atoms with Gasteiger partial charge in [0, 0.05) is 0 Å². The fourth-order valence-electron chi connectivity index (χ4n) is 0. The van der Waals surface area contributed by atoms with Gasteiger partial charge in [0.05, 0.1) is 0 Å². The maximum absolute atomic E-state index is 8.74. The van der Waals surface area contributed by atoms with Crippen LogP contribution in [0.15, 0.2) is 0 Å².